The van der Waals surface area contributed by atoms with Crippen LogP contribution in [0.25, 0.3) is 0 Å². The number of para-hydroxylation sites is 2. The number of hydrogen-bond donors (Lipinski definition) is 3. The van der Waals surface area contributed by atoms with E-state index in [1.807, 2.05) is 109 Å². The predicted molar refractivity (Wildman–Crippen MR) is 200 cm³/mol. The number of rotatable bonds is 11. The molecule has 260 valence electrons. The lowest BCUT2D eigenvalue weighted by molar-refractivity contribution is -0.119. The van der Waals surface area contributed by atoms with Crippen molar-refractivity contribution >= 4 is 40.5 Å². The molecule has 0 aliphatic carbocycles. The molecule has 9 heteroatoms. The van der Waals surface area contributed by atoms with Crippen molar-refractivity contribution in [2.75, 3.05) is 33.6 Å². The Bertz CT molecular complexity index is 1810. The Hall–Kier alpha value is -5.31. The first-order valence-electron chi connectivity index (χ1n) is 17.7. The number of anilines is 4. The second kappa shape index (κ2) is 15.5. The van der Waals surface area contributed by atoms with Gasteiger partial charge in [0.25, 0.3) is 5.91 Å². The molecule has 4 atom stereocenters. The van der Waals surface area contributed by atoms with Gasteiger partial charge in [0, 0.05) is 53.2 Å². The third kappa shape index (κ3) is 7.47. The van der Waals surface area contributed by atoms with E-state index in [0.717, 1.165) is 52.5 Å². The number of fused-ring (bicyclic) bond motifs is 2. The first-order chi connectivity index (χ1) is 24.3. The second-order valence-electron chi connectivity index (χ2n) is 13.1. The second-order valence-corrected chi connectivity index (χ2v) is 13.1. The molecule has 2 aliphatic heterocycles. The third-order valence-electron chi connectivity index (χ3n) is 9.66. The van der Waals surface area contributed by atoms with Gasteiger partial charge in [0.1, 0.15) is 12.4 Å². The van der Waals surface area contributed by atoms with E-state index in [0.29, 0.717) is 31.6 Å². The molecule has 2 aliphatic rings. The minimum atomic E-state index is -0.161. The number of nitrogens with one attached hydrogen (secondary N) is 3. The number of hydrogen-bond acceptors (Lipinski definition) is 6. The maximum atomic E-state index is 12.9. The third-order valence-corrected chi connectivity index (χ3v) is 9.66. The fourth-order valence-electron chi connectivity index (χ4n) is 7.20. The smallest absolute Gasteiger partial charge is 0.251 e. The minimum absolute atomic E-state index is 0.0555. The Kier molecular flexibility index (Phi) is 10.7. The zero-order valence-corrected chi connectivity index (χ0v) is 29.3. The van der Waals surface area contributed by atoms with Gasteiger partial charge in [-0.3, -0.25) is 14.4 Å². The van der Waals surface area contributed by atoms with Crippen molar-refractivity contribution in [1.82, 2.24) is 5.32 Å². The lowest BCUT2D eigenvalue weighted by Crippen LogP contribution is -2.44. The van der Waals surface area contributed by atoms with Crippen molar-refractivity contribution in [3.63, 3.8) is 0 Å². The lowest BCUT2D eigenvalue weighted by Gasteiger charge is -2.40. The summed E-state index contributed by atoms with van der Waals surface area (Å²) in [5, 5.41) is 10.2. The average Bonchev–Trinajstić information content (AvgIpc) is 3.14. The first-order valence-corrected chi connectivity index (χ1v) is 17.7. The molecule has 0 radical (unpaired) electrons. The summed E-state index contributed by atoms with van der Waals surface area (Å²) in [5.74, 6) is 0.832. The molecule has 0 saturated heterocycles. The molecule has 6 rings (SSSR count). The van der Waals surface area contributed by atoms with Gasteiger partial charge in [-0.15, -0.1) is 0 Å². The van der Waals surface area contributed by atoms with Crippen LogP contribution in [0, 0.1) is 0 Å². The van der Waals surface area contributed by atoms with Crippen molar-refractivity contribution in [3.8, 4) is 5.75 Å². The number of benzene rings is 4. The summed E-state index contributed by atoms with van der Waals surface area (Å²) in [5.41, 5.74) is 6.62. The Morgan fingerprint density at radius 2 is 1.12 bits per heavy atom. The molecule has 0 fully saturated rings. The summed E-state index contributed by atoms with van der Waals surface area (Å²) in [6.45, 7) is 8.70. The van der Waals surface area contributed by atoms with Gasteiger partial charge in [-0.25, -0.2) is 0 Å². The highest BCUT2D eigenvalue weighted by molar-refractivity contribution is 5.96. The summed E-state index contributed by atoms with van der Waals surface area (Å²) >= 11 is 0. The van der Waals surface area contributed by atoms with Gasteiger partial charge in [-0.05, 0) is 98.5 Å². The van der Waals surface area contributed by atoms with Gasteiger partial charge < -0.3 is 30.5 Å². The molecular weight excluding hydrogens is 626 g/mol. The molecular formula is C41H47N5O4. The Labute approximate surface area is 295 Å². The number of carbonyl (C=O) groups is 3. The number of ether oxygens (including phenoxy) is 1. The molecule has 3 N–H and O–H groups in total. The maximum absolute atomic E-state index is 12.9. The van der Waals surface area contributed by atoms with E-state index in [4.69, 9.17) is 4.74 Å². The number of carbonyl (C=O) groups excluding carboxylic acids is 3. The van der Waals surface area contributed by atoms with Gasteiger partial charge in [0.05, 0.1) is 18.6 Å². The Morgan fingerprint density at radius 3 is 1.60 bits per heavy atom. The van der Waals surface area contributed by atoms with Crippen molar-refractivity contribution in [2.24, 2.45) is 0 Å². The highest BCUT2D eigenvalue weighted by Gasteiger charge is 2.34. The summed E-state index contributed by atoms with van der Waals surface area (Å²) < 4.78 is 5.91. The van der Waals surface area contributed by atoms with E-state index in [9.17, 15) is 14.4 Å². The van der Waals surface area contributed by atoms with Crippen LogP contribution in [0.1, 0.15) is 86.9 Å². The predicted octanol–water partition coefficient (Wildman–Crippen LogP) is 7.87. The average molecular weight is 674 g/mol. The van der Waals surface area contributed by atoms with Gasteiger partial charge in [0.15, 0.2) is 0 Å². The number of nitrogens with zero attached hydrogens (tertiary/aromatic N) is 2. The lowest BCUT2D eigenvalue weighted by atomic mass is 9.91. The van der Waals surface area contributed by atoms with Crippen LogP contribution in [0.4, 0.5) is 22.7 Å². The van der Waals surface area contributed by atoms with Crippen LogP contribution in [0.2, 0.25) is 0 Å². The van der Waals surface area contributed by atoms with Crippen LogP contribution in [0.5, 0.6) is 5.75 Å². The normalized spacial score (nSPS) is 19.5. The minimum Gasteiger partial charge on any atom is -0.492 e. The Morgan fingerprint density at radius 1 is 0.660 bits per heavy atom. The van der Waals surface area contributed by atoms with Crippen molar-refractivity contribution in [2.45, 2.75) is 77.5 Å². The van der Waals surface area contributed by atoms with E-state index in [-0.39, 0.29) is 41.9 Å². The number of amides is 3. The van der Waals surface area contributed by atoms with Crippen molar-refractivity contribution < 1.29 is 19.1 Å². The van der Waals surface area contributed by atoms with Crippen LogP contribution >= 0.6 is 0 Å². The van der Waals surface area contributed by atoms with Crippen LogP contribution < -0.4 is 30.5 Å². The maximum Gasteiger partial charge on any atom is 0.251 e. The fourth-order valence-corrected chi connectivity index (χ4v) is 7.20. The topological polar surface area (TPSA) is 103 Å². The molecule has 0 aromatic heterocycles. The summed E-state index contributed by atoms with van der Waals surface area (Å²) in [6.07, 6.45) is 2.56. The SMILES string of the molecule is CCC(=O)N1c2ccccc2[C@H](Nc2ccc(OCCNC(=O)c3ccc(N[C@@H]4C[C@H](C)N(C(=O)CC)c5ccccc54)cc3)cc2)C[C@@H]1C. The standard InChI is InChI=1S/C41H47N5O4/c1-5-39(47)45-27(3)25-35(33-11-7-9-13-37(33)45)43-30-17-15-29(16-18-30)41(49)42-23-24-50-32-21-19-31(20-22-32)44-36-26-28(4)46(40(48)6-2)38-14-10-8-12-34(36)38/h7-22,27-28,35-36,43-44H,5-6,23-26H2,1-4H3,(H,42,49)/t27-,28-,35+,36+/m0/s1. The van der Waals surface area contributed by atoms with E-state index in [1.54, 1.807) is 0 Å². The van der Waals surface area contributed by atoms with E-state index < -0.39 is 0 Å². The first kappa shape index (κ1) is 34.5. The van der Waals surface area contributed by atoms with Gasteiger partial charge in [-0.1, -0.05) is 50.2 Å². The molecule has 0 saturated carbocycles. The van der Waals surface area contributed by atoms with Gasteiger partial charge >= 0.3 is 0 Å². The largest absolute Gasteiger partial charge is 0.492 e. The van der Waals surface area contributed by atoms with E-state index in [2.05, 4.69) is 41.9 Å². The van der Waals surface area contributed by atoms with Crippen LogP contribution in [0.15, 0.2) is 97.1 Å². The summed E-state index contributed by atoms with van der Waals surface area (Å²) in [6, 6.07) is 31.8. The zero-order chi connectivity index (χ0) is 35.2. The van der Waals surface area contributed by atoms with Crippen LogP contribution in [-0.2, 0) is 9.59 Å². The molecule has 4 aromatic carbocycles. The molecule has 3 amide bonds. The van der Waals surface area contributed by atoms with E-state index in [1.165, 1.54) is 0 Å². The Balaban J connectivity index is 0.977. The van der Waals surface area contributed by atoms with Crippen LogP contribution in [0.3, 0.4) is 0 Å². The monoisotopic (exact) mass is 673 g/mol. The van der Waals surface area contributed by atoms with Gasteiger partial charge in [0.2, 0.25) is 11.8 Å². The van der Waals surface area contributed by atoms with Gasteiger partial charge in [-0.2, -0.15) is 0 Å². The fraction of sp³-hybridized carbons (Fsp3) is 0.341. The molecule has 4 aromatic rings. The summed E-state index contributed by atoms with van der Waals surface area (Å²) in [7, 11) is 0. The highest BCUT2D eigenvalue weighted by atomic mass is 16.5. The molecule has 9 nitrogen and oxygen atoms in total. The quantitative estimate of drug-likeness (QED) is 0.140. The molecule has 0 unspecified atom stereocenters. The highest BCUT2D eigenvalue weighted by Crippen LogP contribution is 2.40. The van der Waals surface area contributed by atoms with Crippen molar-refractivity contribution in [3.05, 3.63) is 114 Å². The van der Waals surface area contributed by atoms with Crippen LogP contribution in [-0.4, -0.2) is 43.0 Å². The zero-order valence-electron chi connectivity index (χ0n) is 29.3. The molecule has 0 spiro atoms. The molecule has 0 bridgehead atoms. The van der Waals surface area contributed by atoms with E-state index >= 15 is 0 Å². The van der Waals surface area contributed by atoms with Crippen molar-refractivity contribution in [1.29, 1.82) is 0 Å². The molecule has 2 heterocycles. The molecule has 50 heavy (non-hydrogen) atoms. The summed E-state index contributed by atoms with van der Waals surface area (Å²) in [4.78, 5) is 42.0.